The molecule has 0 unspecified atom stereocenters. The quantitative estimate of drug-likeness (QED) is 0.770. The van der Waals surface area contributed by atoms with Crippen molar-refractivity contribution in [1.82, 2.24) is 19.9 Å². The van der Waals surface area contributed by atoms with Crippen molar-refractivity contribution >= 4 is 12.1 Å². The van der Waals surface area contributed by atoms with Gasteiger partial charge in [-0.05, 0) is 20.8 Å². The number of methoxy groups -OCH3 is 1. The maximum atomic E-state index is 12.5. The van der Waals surface area contributed by atoms with Gasteiger partial charge in [0.25, 0.3) is 0 Å². The highest BCUT2D eigenvalue weighted by atomic mass is 16.6. The van der Waals surface area contributed by atoms with E-state index >= 15 is 0 Å². The van der Waals surface area contributed by atoms with E-state index in [1.165, 1.54) is 12.0 Å². The zero-order chi connectivity index (χ0) is 19.6. The van der Waals surface area contributed by atoms with Gasteiger partial charge in [0.1, 0.15) is 17.3 Å². The van der Waals surface area contributed by atoms with E-state index in [4.69, 9.17) is 9.47 Å². The van der Waals surface area contributed by atoms with E-state index < -0.39 is 23.7 Å². The van der Waals surface area contributed by atoms with Crippen LogP contribution < -0.4 is 0 Å². The fourth-order valence-corrected chi connectivity index (χ4v) is 3.08. The second-order valence-electron chi connectivity index (χ2n) is 7.51. The monoisotopic (exact) mass is 372 g/mol. The second kappa shape index (κ2) is 7.38. The normalized spacial score (nSPS) is 19.8. The van der Waals surface area contributed by atoms with Crippen LogP contribution in [0.4, 0.5) is 4.79 Å². The van der Waals surface area contributed by atoms with Gasteiger partial charge in [-0.15, -0.1) is 5.10 Å². The SMILES string of the molecule is COC(=O)[C@@H]1C[C@@H](n2cc(-c3ccccc3)nn2)CN1C(=O)OC(C)(C)C. The molecule has 8 nitrogen and oxygen atoms in total. The van der Waals surface area contributed by atoms with E-state index in [1.807, 2.05) is 36.5 Å². The molecule has 2 atom stereocenters. The van der Waals surface area contributed by atoms with Crippen LogP contribution in [0.25, 0.3) is 11.3 Å². The van der Waals surface area contributed by atoms with Gasteiger partial charge in [0, 0.05) is 18.5 Å². The molecule has 2 heterocycles. The molecule has 1 amide bonds. The van der Waals surface area contributed by atoms with Crippen LogP contribution >= 0.6 is 0 Å². The molecule has 0 spiro atoms. The molecule has 1 aliphatic rings. The van der Waals surface area contributed by atoms with Gasteiger partial charge in [0.05, 0.1) is 19.3 Å². The molecule has 3 rings (SSSR count). The summed E-state index contributed by atoms with van der Waals surface area (Å²) in [5.74, 6) is -0.466. The molecular weight excluding hydrogens is 348 g/mol. The van der Waals surface area contributed by atoms with Crippen molar-refractivity contribution in [2.75, 3.05) is 13.7 Å². The first-order valence-corrected chi connectivity index (χ1v) is 8.83. The molecule has 144 valence electrons. The molecule has 1 aromatic heterocycles. The Morgan fingerprint density at radius 2 is 1.89 bits per heavy atom. The van der Waals surface area contributed by atoms with Crippen LogP contribution in [0.3, 0.4) is 0 Å². The van der Waals surface area contributed by atoms with Gasteiger partial charge >= 0.3 is 12.1 Å². The minimum Gasteiger partial charge on any atom is -0.467 e. The molecule has 0 saturated carbocycles. The van der Waals surface area contributed by atoms with Crippen LogP contribution in [0.15, 0.2) is 36.5 Å². The number of hydrogen-bond donors (Lipinski definition) is 0. The maximum Gasteiger partial charge on any atom is 0.411 e. The largest absolute Gasteiger partial charge is 0.467 e. The number of rotatable bonds is 3. The molecule has 8 heteroatoms. The number of aromatic nitrogens is 3. The molecule has 0 radical (unpaired) electrons. The molecule has 27 heavy (non-hydrogen) atoms. The predicted molar refractivity (Wildman–Crippen MR) is 97.9 cm³/mol. The number of esters is 1. The van der Waals surface area contributed by atoms with Crippen LogP contribution in [0.1, 0.15) is 33.2 Å². The van der Waals surface area contributed by atoms with Crippen LogP contribution in [-0.2, 0) is 14.3 Å². The van der Waals surface area contributed by atoms with E-state index in [2.05, 4.69) is 10.3 Å². The number of carbonyl (C=O) groups excluding carboxylic acids is 2. The van der Waals surface area contributed by atoms with E-state index in [0.29, 0.717) is 13.0 Å². The Hall–Kier alpha value is -2.90. The van der Waals surface area contributed by atoms with Crippen molar-refractivity contribution in [1.29, 1.82) is 0 Å². The fraction of sp³-hybridized carbons (Fsp3) is 0.474. The van der Waals surface area contributed by atoms with Gasteiger partial charge in [0.15, 0.2) is 0 Å². The number of ether oxygens (including phenoxy) is 2. The second-order valence-corrected chi connectivity index (χ2v) is 7.51. The minimum absolute atomic E-state index is 0.188. The lowest BCUT2D eigenvalue weighted by Gasteiger charge is -2.27. The maximum absolute atomic E-state index is 12.5. The lowest BCUT2D eigenvalue weighted by atomic mass is 10.1. The standard InChI is InChI=1S/C19H24N4O4/c1-19(2,3)27-18(25)22-11-14(10-16(22)17(24)26-4)23-12-15(20-21-23)13-8-6-5-7-9-13/h5-9,12,14,16H,10-11H2,1-4H3/t14-,16+/m1/s1. The van der Waals surface area contributed by atoms with E-state index in [9.17, 15) is 9.59 Å². The smallest absolute Gasteiger partial charge is 0.411 e. The Balaban J connectivity index is 1.80. The van der Waals surface area contributed by atoms with Crippen LogP contribution in [0.5, 0.6) is 0 Å². The number of benzene rings is 1. The average Bonchev–Trinajstić information content (AvgIpc) is 3.27. The first-order valence-electron chi connectivity index (χ1n) is 8.83. The Bertz CT molecular complexity index is 813. The van der Waals surface area contributed by atoms with Crippen molar-refractivity contribution in [3.05, 3.63) is 36.5 Å². The Morgan fingerprint density at radius 3 is 2.52 bits per heavy atom. The van der Waals surface area contributed by atoms with Crippen molar-refractivity contribution in [2.45, 2.75) is 44.9 Å². The molecular formula is C19H24N4O4. The third kappa shape index (κ3) is 4.27. The van der Waals surface area contributed by atoms with Gasteiger partial charge in [-0.25, -0.2) is 14.3 Å². The number of nitrogens with zero attached hydrogens (tertiary/aromatic N) is 4. The number of hydrogen-bond acceptors (Lipinski definition) is 6. The number of amides is 1. The third-order valence-electron chi connectivity index (χ3n) is 4.33. The zero-order valence-corrected chi connectivity index (χ0v) is 16.0. The fourth-order valence-electron chi connectivity index (χ4n) is 3.08. The molecule has 1 aromatic carbocycles. The molecule has 2 aromatic rings. The van der Waals surface area contributed by atoms with Crippen LogP contribution in [-0.4, -0.2) is 57.3 Å². The Kier molecular flexibility index (Phi) is 5.16. The lowest BCUT2D eigenvalue weighted by Crippen LogP contribution is -2.43. The molecule has 0 bridgehead atoms. The molecule has 1 aliphatic heterocycles. The van der Waals surface area contributed by atoms with E-state index in [0.717, 1.165) is 11.3 Å². The molecule has 1 saturated heterocycles. The first kappa shape index (κ1) is 18.9. The summed E-state index contributed by atoms with van der Waals surface area (Å²) in [5.41, 5.74) is 1.04. The number of likely N-dealkylation sites (tertiary alicyclic amines) is 1. The molecule has 0 N–H and O–H groups in total. The van der Waals surface area contributed by atoms with Crippen LogP contribution in [0, 0.1) is 0 Å². The highest BCUT2D eigenvalue weighted by molar-refractivity contribution is 5.82. The lowest BCUT2D eigenvalue weighted by molar-refractivity contribution is -0.145. The Labute approximate surface area is 158 Å². The summed E-state index contributed by atoms with van der Waals surface area (Å²) >= 11 is 0. The predicted octanol–water partition coefficient (Wildman–Crippen LogP) is 2.67. The summed E-state index contributed by atoms with van der Waals surface area (Å²) in [6.45, 7) is 5.66. The highest BCUT2D eigenvalue weighted by Crippen LogP contribution is 2.30. The van der Waals surface area contributed by atoms with Crippen molar-refractivity contribution in [3.63, 3.8) is 0 Å². The minimum atomic E-state index is -0.709. The zero-order valence-electron chi connectivity index (χ0n) is 16.0. The van der Waals surface area contributed by atoms with Gasteiger partial charge in [-0.2, -0.15) is 0 Å². The summed E-state index contributed by atoms with van der Waals surface area (Å²) in [6.07, 6.45) is 1.68. The van der Waals surface area contributed by atoms with Gasteiger partial charge in [0.2, 0.25) is 0 Å². The summed E-state index contributed by atoms with van der Waals surface area (Å²) in [7, 11) is 1.31. The molecule has 1 fully saturated rings. The van der Waals surface area contributed by atoms with E-state index in [1.54, 1.807) is 25.5 Å². The van der Waals surface area contributed by atoms with Crippen molar-refractivity contribution in [2.24, 2.45) is 0 Å². The van der Waals surface area contributed by atoms with Gasteiger partial charge < -0.3 is 9.47 Å². The highest BCUT2D eigenvalue weighted by Gasteiger charge is 2.43. The topological polar surface area (TPSA) is 86.6 Å². The number of carbonyl (C=O) groups is 2. The first-order chi connectivity index (χ1) is 12.8. The van der Waals surface area contributed by atoms with E-state index in [-0.39, 0.29) is 6.04 Å². The van der Waals surface area contributed by atoms with Crippen molar-refractivity contribution in [3.8, 4) is 11.3 Å². The average molecular weight is 372 g/mol. The van der Waals surface area contributed by atoms with Crippen molar-refractivity contribution < 1.29 is 19.1 Å². The summed E-state index contributed by atoms with van der Waals surface area (Å²) in [6, 6.07) is 8.80. The third-order valence-corrected chi connectivity index (χ3v) is 4.33. The van der Waals surface area contributed by atoms with Crippen LogP contribution in [0.2, 0.25) is 0 Å². The van der Waals surface area contributed by atoms with Gasteiger partial charge in [-0.1, -0.05) is 35.5 Å². The van der Waals surface area contributed by atoms with Gasteiger partial charge in [-0.3, -0.25) is 4.90 Å². The molecule has 0 aliphatic carbocycles. The summed E-state index contributed by atoms with van der Waals surface area (Å²) in [4.78, 5) is 26.1. The summed E-state index contributed by atoms with van der Waals surface area (Å²) in [5, 5.41) is 8.41. The summed E-state index contributed by atoms with van der Waals surface area (Å²) < 4.78 is 12.0. The Morgan fingerprint density at radius 1 is 1.19 bits per heavy atom.